The average molecular weight is 245 g/mol. The minimum atomic E-state index is -1.34. The number of hydrazone groups is 1. The van der Waals surface area contributed by atoms with Crippen LogP contribution >= 0.6 is 0 Å². The number of rotatable bonds is 1. The van der Waals surface area contributed by atoms with Crippen LogP contribution in [0, 0.1) is 0 Å². The Balaban J connectivity index is 2.26. The van der Waals surface area contributed by atoms with Gasteiger partial charge in [0, 0.05) is 6.21 Å². The minimum absolute atomic E-state index is 0.256. The first-order chi connectivity index (χ1) is 8.70. The number of carbonyl (C=O) groups is 2. The van der Waals surface area contributed by atoms with Crippen LogP contribution in [0.2, 0.25) is 0 Å². The van der Waals surface area contributed by atoms with E-state index in [-0.39, 0.29) is 6.54 Å². The van der Waals surface area contributed by atoms with E-state index in [4.69, 9.17) is 5.11 Å². The summed E-state index contributed by atoms with van der Waals surface area (Å²) in [6.45, 7) is 0.256. The zero-order valence-electron chi connectivity index (χ0n) is 9.43. The smallest absolute Gasteiger partial charge is 0.420 e. The Labute approximate surface area is 103 Å². The highest BCUT2D eigenvalue weighted by molar-refractivity contribution is 6.10. The first-order valence-corrected chi connectivity index (χ1v) is 5.29. The van der Waals surface area contributed by atoms with Gasteiger partial charge in [-0.25, -0.2) is 14.6 Å². The number of anilines is 1. The molecule has 18 heavy (non-hydrogen) atoms. The predicted molar refractivity (Wildman–Crippen MR) is 66.7 cm³/mol. The topological polar surface area (TPSA) is 73.2 Å². The second-order valence-corrected chi connectivity index (χ2v) is 3.51. The quantitative estimate of drug-likeness (QED) is 0.823. The molecule has 0 spiro atoms. The summed E-state index contributed by atoms with van der Waals surface area (Å²) < 4.78 is 0. The summed E-state index contributed by atoms with van der Waals surface area (Å²) in [6, 6.07) is 7.48. The van der Waals surface area contributed by atoms with E-state index in [1.54, 1.807) is 42.5 Å². The van der Waals surface area contributed by atoms with Crippen molar-refractivity contribution < 1.29 is 14.7 Å². The summed E-state index contributed by atoms with van der Waals surface area (Å²) in [5, 5.41) is 14.0. The van der Waals surface area contributed by atoms with Crippen LogP contribution in [0.1, 0.15) is 0 Å². The first kappa shape index (κ1) is 11.8. The molecule has 92 valence electrons. The van der Waals surface area contributed by atoms with Crippen molar-refractivity contribution in [1.29, 1.82) is 0 Å². The lowest BCUT2D eigenvalue weighted by Gasteiger charge is -2.24. The van der Waals surface area contributed by atoms with Gasteiger partial charge < -0.3 is 5.11 Å². The van der Waals surface area contributed by atoms with Crippen molar-refractivity contribution in [2.24, 2.45) is 5.10 Å². The lowest BCUT2D eigenvalue weighted by Crippen LogP contribution is -2.44. The van der Waals surface area contributed by atoms with Crippen LogP contribution in [0.5, 0.6) is 0 Å². The fourth-order valence-corrected chi connectivity index (χ4v) is 1.51. The number of imide groups is 1. The van der Waals surface area contributed by atoms with E-state index in [2.05, 4.69) is 5.10 Å². The molecule has 0 unspecified atom stereocenters. The highest BCUT2D eigenvalue weighted by atomic mass is 16.4. The van der Waals surface area contributed by atoms with Crippen molar-refractivity contribution in [2.45, 2.75) is 0 Å². The van der Waals surface area contributed by atoms with Crippen molar-refractivity contribution in [2.75, 3.05) is 11.4 Å². The molecule has 0 fully saturated rings. The third kappa shape index (κ3) is 2.37. The number of para-hydroxylation sites is 1. The Morgan fingerprint density at radius 1 is 1.28 bits per heavy atom. The van der Waals surface area contributed by atoms with E-state index < -0.39 is 12.1 Å². The molecule has 2 rings (SSSR count). The standard InChI is InChI=1S/C12H11N3O3/c16-11(14-9-5-4-8-13-14)15(12(17)18)10-6-2-1-3-7-10/h1-8H,9H2,(H,17,18). The van der Waals surface area contributed by atoms with Gasteiger partial charge in [-0.1, -0.05) is 24.3 Å². The fraction of sp³-hybridized carbons (Fsp3) is 0.0833. The minimum Gasteiger partial charge on any atom is -0.464 e. The number of urea groups is 1. The Morgan fingerprint density at radius 2 is 2.00 bits per heavy atom. The van der Waals surface area contributed by atoms with Crippen LogP contribution in [0.4, 0.5) is 15.3 Å². The molecule has 0 saturated carbocycles. The Hall–Kier alpha value is -2.63. The van der Waals surface area contributed by atoms with E-state index in [0.717, 1.165) is 5.01 Å². The third-order valence-electron chi connectivity index (χ3n) is 2.32. The molecule has 1 heterocycles. The molecule has 3 amide bonds. The summed E-state index contributed by atoms with van der Waals surface area (Å²) >= 11 is 0. The second-order valence-electron chi connectivity index (χ2n) is 3.51. The van der Waals surface area contributed by atoms with Crippen molar-refractivity contribution in [1.82, 2.24) is 5.01 Å². The number of nitrogens with zero attached hydrogens (tertiary/aromatic N) is 3. The zero-order valence-corrected chi connectivity index (χ0v) is 9.43. The Bertz CT molecular complexity index is 511. The number of amides is 3. The molecule has 0 radical (unpaired) electrons. The normalized spacial score (nSPS) is 13.4. The van der Waals surface area contributed by atoms with Gasteiger partial charge in [-0.2, -0.15) is 10.0 Å². The van der Waals surface area contributed by atoms with Gasteiger partial charge in [0.2, 0.25) is 0 Å². The molecular formula is C12H11N3O3. The second kappa shape index (κ2) is 5.13. The lowest BCUT2D eigenvalue weighted by atomic mass is 10.3. The molecule has 0 saturated heterocycles. The monoisotopic (exact) mass is 245 g/mol. The van der Waals surface area contributed by atoms with Crippen molar-refractivity contribution in [3.8, 4) is 0 Å². The predicted octanol–water partition coefficient (Wildman–Crippen LogP) is 2.15. The molecule has 6 nitrogen and oxygen atoms in total. The summed E-state index contributed by atoms with van der Waals surface area (Å²) in [6.07, 6.45) is 3.51. The maximum Gasteiger partial charge on any atom is 0.420 e. The van der Waals surface area contributed by atoms with E-state index in [0.29, 0.717) is 10.6 Å². The third-order valence-corrected chi connectivity index (χ3v) is 2.32. The van der Waals surface area contributed by atoms with E-state index in [9.17, 15) is 9.59 Å². The largest absolute Gasteiger partial charge is 0.464 e. The highest BCUT2D eigenvalue weighted by Crippen LogP contribution is 2.16. The molecule has 1 aliphatic heterocycles. The van der Waals surface area contributed by atoms with Crippen LogP contribution in [0.3, 0.4) is 0 Å². The van der Waals surface area contributed by atoms with E-state index >= 15 is 0 Å². The molecule has 0 aliphatic carbocycles. The summed E-state index contributed by atoms with van der Waals surface area (Å²) in [4.78, 5) is 23.9. The molecular weight excluding hydrogens is 234 g/mol. The first-order valence-electron chi connectivity index (χ1n) is 5.29. The van der Waals surface area contributed by atoms with Gasteiger partial charge >= 0.3 is 12.1 Å². The average Bonchev–Trinajstić information content (AvgIpc) is 2.40. The highest BCUT2D eigenvalue weighted by Gasteiger charge is 2.27. The van der Waals surface area contributed by atoms with E-state index in [1.807, 2.05) is 0 Å². The molecule has 1 N–H and O–H groups in total. The SMILES string of the molecule is O=C(O)N(C(=O)N1CC=CC=N1)c1ccccc1. The van der Waals surface area contributed by atoms with Crippen LogP contribution in [-0.2, 0) is 0 Å². The van der Waals surface area contributed by atoms with Crippen LogP contribution in [-0.4, -0.2) is 35.0 Å². The van der Waals surface area contributed by atoms with Gasteiger partial charge in [0.25, 0.3) is 0 Å². The molecule has 1 aromatic carbocycles. The van der Waals surface area contributed by atoms with Crippen molar-refractivity contribution >= 4 is 24.0 Å². The van der Waals surface area contributed by atoms with Gasteiger partial charge in [-0.3, -0.25) is 0 Å². The maximum absolute atomic E-state index is 12.1. The molecule has 1 aromatic rings. The van der Waals surface area contributed by atoms with E-state index in [1.165, 1.54) is 6.21 Å². The molecule has 0 aromatic heterocycles. The van der Waals surface area contributed by atoms with Gasteiger partial charge in [0.1, 0.15) is 0 Å². The number of benzene rings is 1. The molecule has 0 bridgehead atoms. The van der Waals surface area contributed by atoms with Gasteiger partial charge in [-0.15, -0.1) is 0 Å². The molecule has 6 heteroatoms. The Kier molecular flexibility index (Phi) is 3.38. The van der Waals surface area contributed by atoms with Gasteiger partial charge in [0.15, 0.2) is 0 Å². The lowest BCUT2D eigenvalue weighted by molar-refractivity contribution is 0.189. The number of hydrogen-bond donors (Lipinski definition) is 1. The summed E-state index contributed by atoms with van der Waals surface area (Å²) in [7, 11) is 0. The zero-order chi connectivity index (χ0) is 13.0. The van der Waals surface area contributed by atoms with Crippen LogP contribution < -0.4 is 4.90 Å². The number of carboxylic acid groups (broad SMARTS) is 1. The summed E-state index contributed by atoms with van der Waals surface area (Å²) in [5.41, 5.74) is 0.291. The fourth-order valence-electron chi connectivity index (χ4n) is 1.51. The van der Waals surface area contributed by atoms with Crippen LogP contribution in [0.15, 0.2) is 47.6 Å². The Morgan fingerprint density at radius 3 is 2.56 bits per heavy atom. The number of hydrogen-bond acceptors (Lipinski definition) is 3. The van der Waals surface area contributed by atoms with Crippen molar-refractivity contribution in [3.63, 3.8) is 0 Å². The summed E-state index contributed by atoms with van der Waals surface area (Å²) in [5.74, 6) is 0. The number of carbonyl (C=O) groups excluding carboxylic acids is 1. The number of allylic oxidation sites excluding steroid dienone is 1. The van der Waals surface area contributed by atoms with Crippen molar-refractivity contribution in [3.05, 3.63) is 42.5 Å². The maximum atomic E-state index is 12.1. The van der Waals surface area contributed by atoms with Gasteiger partial charge in [0.05, 0.1) is 12.2 Å². The molecule has 0 atom stereocenters. The van der Waals surface area contributed by atoms with Gasteiger partial charge in [-0.05, 0) is 18.2 Å². The van der Waals surface area contributed by atoms with Crippen LogP contribution in [0.25, 0.3) is 0 Å². The molecule has 1 aliphatic rings.